The zero-order valence-corrected chi connectivity index (χ0v) is 16.0. The van der Waals surface area contributed by atoms with Crippen LogP contribution in [0.25, 0.3) is 6.08 Å². The minimum atomic E-state index is -0.890. The van der Waals surface area contributed by atoms with E-state index in [1.54, 1.807) is 11.0 Å². The Morgan fingerprint density at radius 2 is 1.81 bits per heavy atom. The van der Waals surface area contributed by atoms with Crippen LogP contribution < -0.4 is 4.74 Å². The first-order chi connectivity index (χ1) is 13.0. The van der Waals surface area contributed by atoms with Crippen LogP contribution in [-0.2, 0) is 4.79 Å². The van der Waals surface area contributed by atoms with Gasteiger partial charge in [0.1, 0.15) is 18.0 Å². The summed E-state index contributed by atoms with van der Waals surface area (Å²) in [6.07, 6.45) is 4.46. The van der Waals surface area contributed by atoms with Crippen molar-refractivity contribution < 1.29 is 14.6 Å². The van der Waals surface area contributed by atoms with E-state index in [0.717, 1.165) is 11.3 Å². The maximum atomic E-state index is 12.4. The van der Waals surface area contributed by atoms with E-state index in [1.165, 1.54) is 11.1 Å². The van der Waals surface area contributed by atoms with Crippen LogP contribution in [0.5, 0.6) is 5.75 Å². The Kier molecular flexibility index (Phi) is 5.97. The highest BCUT2D eigenvalue weighted by Crippen LogP contribution is 2.25. The molecular formula is C23H27NO3. The number of carbonyl (C=O) groups excluding carboxylic acids is 1. The summed E-state index contributed by atoms with van der Waals surface area (Å²) < 4.78 is 5.82. The lowest BCUT2D eigenvalue weighted by Crippen LogP contribution is -2.49. The molecule has 0 atom stereocenters. The molecule has 142 valence electrons. The lowest BCUT2D eigenvalue weighted by Gasteiger charge is -2.37. The zero-order chi connectivity index (χ0) is 19.3. The summed E-state index contributed by atoms with van der Waals surface area (Å²) in [5.74, 6) is 0.756. The Morgan fingerprint density at radius 3 is 2.48 bits per heavy atom. The van der Waals surface area contributed by atoms with E-state index in [1.807, 2.05) is 61.5 Å². The number of hydrogen-bond acceptors (Lipinski definition) is 3. The van der Waals surface area contributed by atoms with Crippen LogP contribution in [0, 0.1) is 13.8 Å². The number of likely N-dealkylation sites (tertiary alicyclic amines) is 1. The van der Waals surface area contributed by atoms with Gasteiger partial charge in [0.05, 0.1) is 0 Å². The smallest absolute Gasteiger partial charge is 0.246 e. The van der Waals surface area contributed by atoms with E-state index < -0.39 is 5.60 Å². The fourth-order valence-electron chi connectivity index (χ4n) is 3.15. The molecule has 1 N–H and O–H groups in total. The Morgan fingerprint density at radius 1 is 1.11 bits per heavy atom. The molecule has 0 unspecified atom stereocenters. The summed E-state index contributed by atoms with van der Waals surface area (Å²) in [5, 5.41) is 10.8. The number of benzene rings is 2. The average molecular weight is 365 g/mol. The van der Waals surface area contributed by atoms with Crippen LogP contribution in [0.1, 0.15) is 29.5 Å². The van der Waals surface area contributed by atoms with Gasteiger partial charge in [0, 0.05) is 19.2 Å². The summed E-state index contributed by atoms with van der Waals surface area (Å²) >= 11 is 0. The summed E-state index contributed by atoms with van der Waals surface area (Å²) in [4.78, 5) is 14.1. The number of piperidine rings is 1. The third-order valence-corrected chi connectivity index (χ3v) is 5.21. The van der Waals surface area contributed by atoms with Crippen LogP contribution in [0.3, 0.4) is 0 Å². The summed E-state index contributed by atoms with van der Waals surface area (Å²) in [5.41, 5.74) is 2.50. The molecule has 27 heavy (non-hydrogen) atoms. The Balaban J connectivity index is 1.50. The topological polar surface area (TPSA) is 49.8 Å². The molecule has 1 aliphatic rings. The first kappa shape index (κ1) is 19.2. The fraction of sp³-hybridized carbons (Fsp3) is 0.348. The number of aliphatic hydroxyl groups is 1. The van der Waals surface area contributed by atoms with Crippen molar-refractivity contribution in [3.63, 3.8) is 0 Å². The number of amides is 1. The Bertz CT molecular complexity index is 806. The highest BCUT2D eigenvalue weighted by Gasteiger charge is 2.34. The van der Waals surface area contributed by atoms with E-state index in [-0.39, 0.29) is 12.5 Å². The van der Waals surface area contributed by atoms with E-state index in [0.29, 0.717) is 25.9 Å². The normalized spacial score (nSPS) is 16.5. The maximum Gasteiger partial charge on any atom is 0.246 e. The van der Waals surface area contributed by atoms with Crippen LogP contribution in [0.2, 0.25) is 0 Å². The Labute approximate surface area is 161 Å². The van der Waals surface area contributed by atoms with Crippen molar-refractivity contribution in [3.05, 3.63) is 71.3 Å². The van der Waals surface area contributed by atoms with Gasteiger partial charge < -0.3 is 14.7 Å². The maximum absolute atomic E-state index is 12.4. The molecule has 0 radical (unpaired) electrons. The van der Waals surface area contributed by atoms with E-state index in [2.05, 4.69) is 6.92 Å². The van der Waals surface area contributed by atoms with Crippen LogP contribution in [0.15, 0.2) is 54.6 Å². The van der Waals surface area contributed by atoms with Crippen molar-refractivity contribution in [1.82, 2.24) is 4.90 Å². The van der Waals surface area contributed by atoms with Crippen molar-refractivity contribution in [2.24, 2.45) is 0 Å². The molecule has 2 aromatic rings. The molecule has 0 spiro atoms. The van der Waals surface area contributed by atoms with Crippen LogP contribution >= 0.6 is 0 Å². The molecule has 1 aliphatic heterocycles. The fourth-order valence-corrected chi connectivity index (χ4v) is 3.15. The molecule has 4 nitrogen and oxygen atoms in total. The van der Waals surface area contributed by atoms with Gasteiger partial charge in [-0.2, -0.15) is 0 Å². The number of ether oxygens (including phenoxy) is 1. The van der Waals surface area contributed by atoms with Gasteiger partial charge in [-0.1, -0.05) is 36.4 Å². The lowest BCUT2D eigenvalue weighted by atomic mass is 9.92. The second-order valence-corrected chi connectivity index (χ2v) is 7.33. The number of carbonyl (C=O) groups is 1. The largest absolute Gasteiger partial charge is 0.491 e. The predicted molar refractivity (Wildman–Crippen MR) is 108 cm³/mol. The first-order valence-electron chi connectivity index (χ1n) is 9.40. The molecule has 2 aromatic carbocycles. The van der Waals surface area contributed by atoms with Crippen molar-refractivity contribution in [3.8, 4) is 5.75 Å². The van der Waals surface area contributed by atoms with Gasteiger partial charge in [0.2, 0.25) is 5.91 Å². The monoisotopic (exact) mass is 365 g/mol. The average Bonchev–Trinajstić information content (AvgIpc) is 2.68. The second kappa shape index (κ2) is 8.40. The summed E-state index contributed by atoms with van der Waals surface area (Å²) in [6.45, 7) is 5.42. The SMILES string of the molecule is Cc1ccc(OCC2(O)CCN(C(=O)C=Cc3ccccc3)CC2)cc1C. The minimum Gasteiger partial charge on any atom is -0.491 e. The van der Waals surface area contributed by atoms with Crippen LogP contribution in [-0.4, -0.2) is 41.2 Å². The standard InChI is InChI=1S/C23H27NO3/c1-18-8-10-21(16-19(18)2)27-17-23(26)12-14-24(15-13-23)22(25)11-9-20-6-4-3-5-7-20/h3-11,16,26H,12-15,17H2,1-2H3. The predicted octanol–water partition coefficient (Wildman–Crippen LogP) is 3.75. The van der Waals surface area contributed by atoms with Gasteiger partial charge in [-0.15, -0.1) is 0 Å². The molecule has 1 fully saturated rings. The molecule has 3 rings (SSSR count). The molecule has 0 aromatic heterocycles. The van der Waals surface area contributed by atoms with Crippen molar-refractivity contribution in [2.75, 3.05) is 19.7 Å². The van der Waals surface area contributed by atoms with E-state index in [9.17, 15) is 9.90 Å². The molecule has 1 heterocycles. The number of hydrogen-bond donors (Lipinski definition) is 1. The Hall–Kier alpha value is -2.59. The van der Waals surface area contributed by atoms with Gasteiger partial charge in [-0.25, -0.2) is 0 Å². The van der Waals surface area contributed by atoms with Crippen molar-refractivity contribution >= 4 is 12.0 Å². The second-order valence-electron chi connectivity index (χ2n) is 7.33. The molecule has 4 heteroatoms. The molecule has 1 amide bonds. The first-order valence-corrected chi connectivity index (χ1v) is 9.40. The number of nitrogens with zero attached hydrogens (tertiary/aromatic N) is 1. The highest BCUT2D eigenvalue weighted by atomic mass is 16.5. The minimum absolute atomic E-state index is 0.0176. The van der Waals surface area contributed by atoms with E-state index in [4.69, 9.17) is 4.74 Å². The molecular weight excluding hydrogens is 338 g/mol. The summed E-state index contributed by atoms with van der Waals surface area (Å²) in [6, 6.07) is 15.7. The molecule has 0 bridgehead atoms. The van der Waals surface area contributed by atoms with Gasteiger partial charge in [-0.05, 0) is 61.6 Å². The van der Waals surface area contributed by atoms with E-state index >= 15 is 0 Å². The lowest BCUT2D eigenvalue weighted by molar-refractivity contribution is -0.131. The highest BCUT2D eigenvalue weighted by molar-refractivity contribution is 5.91. The van der Waals surface area contributed by atoms with Gasteiger partial charge in [0.25, 0.3) is 0 Å². The van der Waals surface area contributed by atoms with Gasteiger partial charge in [0.15, 0.2) is 0 Å². The van der Waals surface area contributed by atoms with Crippen molar-refractivity contribution in [1.29, 1.82) is 0 Å². The number of rotatable bonds is 5. The third kappa shape index (κ3) is 5.20. The third-order valence-electron chi connectivity index (χ3n) is 5.21. The van der Waals surface area contributed by atoms with Gasteiger partial charge in [-0.3, -0.25) is 4.79 Å². The summed E-state index contributed by atoms with van der Waals surface area (Å²) in [7, 11) is 0. The quantitative estimate of drug-likeness (QED) is 0.821. The zero-order valence-electron chi connectivity index (χ0n) is 16.0. The molecule has 0 aliphatic carbocycles. The molecule has 0 saturated carbocycles. The van der Waals surface area contributed by atoms with Crippen LogP contribution in [0.4, 0.5) is 0 Å². The van der Waals surface area contributed by atoms with Crippen molar-refractivity contribution in [2.45, 2.75) is 32.3 Å². The van der Waals surface area contributed by atoms with Gasteiger partial charge >= 0.3 is 0 Å². The molecule has 1 saturated heterocycles. The number of aryl methyl sites for hydroxylation is 2.